The Morgan fingerprint density at radius 1 is 1.11 bits per heavy atom. The summed E-state index contributed by atoms with van der Waals surface area (Å²) in [5, 5.41) is 3.29. The summed E-state index contributed by atoms with van der Waals surface area (Å²) in [4.78, 5) is 42.7. The van der Waals surface area contributed by atoms with E-state index in [4.69, 9.17) is 4.74 Å². The Bertz CT molecular complexity index is 673. The Labute approximate surface area is 158 Å². The van der Waals surface area contributed by atoms with Gasteiger partial charge in [0.05, 0.1) is 29.6 Å². The van der Waals surface area contributed by atoms with Gasteiger partial charge in [-0.3, -0.25) is 19.3 Å². The minimum absolute atomic E-state index is 0.132. The lowest BCUT2D eigenvalue weighted by atomic mass is 9.64. The number of nitrogens with one attached hydrogen (secondary N) is 1. The highest BCUT2D eigenvalue weighted by atomic mass is 16.5. The lowest BCUT2D eigenvalue weighted by Gasteiger charge is -2.58. The minimum Gasteiger partial charge on any atom is -0.373 e. The summed E-state index contributed by atoms with van der Waals surface area (Å²) in [5.41, 5.74) is -0.167. The maximum atomic E-state index is 13.1. The number of carbonyl (C=O) groups excluding carboxylic acids is 3. The molecule has 1 N–H and O–H groups in total. The number of ether oxygens (including phenoxy) is 1. The molecule has 7 aliphatic rings. The fourth-order valence-electron chi connectivity index (χ4n) is 7.34. The van der Waals surface area contributed by atoms with Crippen molar-refractivity contribution in [3.8, 4) is 0 Å². The SMILES string of the molecule is CC(C(=O)NC12CC3CC(CN(C3)C1)C2)N1C(=O)C2C3CCC(O3)C2C1=O. The van der Waals surface area contributed by atoms with Gasteiger partial charge < -0.3 is 15.0 Å². The molecule has 1 saturated carbocycles. The number of fused-ring (bicyclic) bond motifs is 5. The molecule has 0 aromatic rings. The number of likely N-dealkylation sites (tertiary alicyclic amines) is 1. The Balaban J connectivity index is 1.20. The molecule has 0 aromatic carbocycles. The molecule has 6 heterocycles. The third-order valence-electron chi connectivity index (χ3n) is 8.06. The standard InChI is InChI=1S/C20H27N3O4/c1-10(23-18(25)15-13-2-3-14(27-13)16(15)19(23)26)17(24)21-20-5-11-4-12(6-20)8-22(7-11)9-20/h10-16H,2-9H2,1H3,(H,21,24). The second kappa shape index (κ2) is 5.32. The summed E-state index contributed by atoms with van der Waals surface area (Å²) < 4.78 is 5.79. The molecule has 6 aliphatic heterocycles. The van der Waals surface area contributed by atoms with Gasteiger partial charge in [0, 0.05) is 19.6 Å². The van der Waals surface area contributed by atoms with Crippen LogP contribution in [0.25, 0.3) is 0 Å². The second-order valence-electron chi connectivity index (χ2n) is 9.90. The first-order valence-corrected chi connectivity index (χ1v) is 10.5. The molecule has 6 bridgehead atoms. The normalized spacial score (nSPS) is 50.4. The fraction of sp³-hybridized carbons (Fsp3) is 0.850. The van der Waals surface area contributed by atoms with Crippen molar-refractivity contribution in [1.29, 1.82) is 0 Å². The lowest BCUT2D eigenvalue weighted by molar-refractivity contribution is -0.151. The molecule has 0 radical (unpaired) electrons. The Hall–Kier alpha value is -1.47. The molecule has 7 rings (SSSR count). The van der Waals surface area contributed by atoms with E-state index < -0.39 is 6.04 Å². The quantitative estimate of drug-likeness (QED) is 0.712. The highest BCUT2D eigenvalue weighted by Crippen LogP contribution is 2.49. The number of imide groups is 1. The number of rotatable bonds is 3. The molecule has 1 aliphatic carbocycles. The topological polar surface area (TPSA) is 79.0 Å². The largest absolute Gasteiger partial charge is 0.373 e. The first-order chi connectivity index (χ1) is 12.9. The van der Waals surface area contributed by atoms with E-state index in [-0.39, 0.29) is 47.3 Å². The van der Waals surface area contributed by atoms with Crippen molar-refractivity contribution in [2.45, 2.75) is 62.8 Å². The minimum atomic E-state index is -0.738. The third-order valence-corrected chi connectivity index (χ3v) is 8.06. The van der Waals surface area contributed by atoms with Gasteiger partial charge >= 0.3 is 0 Å². The van der Waals surface area contributed by atoms with E-state index in [2.05, 4.69) is 10.2 Å². The van der Waals surface area contributed by atoms with Gasteiger partial charge in [-0.1, -0.05) is 0 Å². The predicted molar refractivity (Wildman–Crippen MR) is 94.3 cm³/mol. The molecule has 7 heteroatoms. The second-order valence-corrected chi connectivity index (χ2v) is 9.90. The van der Waals surface area contributed by atoms with Gasteiger partial charge in [0.15, 0.2) is 0 Å². The molecule has 7 atom stereocenters. The van der Waals surface area contributed by atoms with Gasteiger partial charge in [0.2, 0.25) is 17.7 Å². The highest BCUT2D eigenvalue weighted by Gasteiger charge is 2.63. The number of piperidine rings is 3. The Morgan fingerprint density at radius 3 is 2.26 bits per heavy atom. The van der Waals surface area contributed by atoms with E-state index in [1.165, 1.54) is 11.3 Å². The summed E-state index contributed by atoms with van der Waals surface area (Å²) in [6.45, 7) is 4.91. The van der Waals surface area contributed by atoms with Crippen LogP contribution in [0.3, 0.4) is 0 Å². The van der Waals surface area contributed by atoms with E-state index in [0.29, 0.717) is 11.8 Å². The predicted octanol–water partition coefficient (Wildman–Crippen LogP) is 0.138. The summed E-state index contributed by atoms with van der Waals surface area (Å²) in [6, 6.07) is -0.738. The lowest BCUT2D eigenvalue weighted by Crippen LogP contribution is -2.70. The number of carbonyl (C=O) groups is 3. The summed E-state index contributed by atoms with van der Waals surface area (Å²) in [5.74, 6) is 0.0405. The van der Waals surface area contributed by atoms with Crippen molar-refractivity contribution >= 4 is 17.7 Å². The molecule has 146 valence electrons. The van der Waals surface area contributed by atoms with E-state index in [1.807, 2.05) is 0 Å². The molecule has 7 unspecified atom stereocenters. The van der Waals surface area contributed by atoms with E-state index in [9.17, 15) is 14.4 Å². The highest BCUT2D eigenvalue weighted by molar-refractivity contribution is 6.09. The zero-order valence-corrected chi connectivity index (χ0v) is 15.7. The van der Waals surface area contributed by atoms with Crippen molar-refractivity contribution in [2.75, 3.05) is 19.6 Å². The van der Waals surface area contributed by atoms with Crippen LogP contribution in [0.4, 0.5) is 0 Å². The number of amides is 3. The van der Waals surface area contributed by atoms with Crippen LogP contribution in [-0.4, -0.2) is 70.9 Å². The monoisotopic (exact) mass is 373 g/mol. The van der Waals surface area contributed by atoms with Gasteiger partial charge in [0.25, 0.3) is 0 Å². The van der Waals surface area contributed by atoms with Crippen LogP contribution in [0.1, 0.15) is 39.0 Å². The molecule has 3 amide bonds. The van der Waals surface area contributed by atoms with Crippen LogP contribution in [0, 0.1) is 23.7 Å². The number of hydrogen-bond donors (Lipinski definition) is 1. The summed E-state index contributed by atoms with van der Waals surface area (Å²) >= 11 is 0. The summed E-state index contributed by atoms with van der Waals surface area (Å²) in [6.07, 6.45) is 4.77. The molecule has 6 saturated heterocycles. The van der Waals surface area contributed by atoms with Gasteiger partial charge in [-0.15, -0.1) is 0 Å². The van der Waals surface area contributed by atoms with E-state index >= 15 is 0 Å². The molecular weight excluding hydrogens is 346 g/mol. The molecule has 27 heavy (non-hydrogen) atoms. The van der Waals surface area contributed by atoms with Crippen molar-refractivity contribution in [3.05, 3.63) is 0 Å². The zero-order valence-electron chi connectivity index (χ0n) is 15.7. The van der Waals surface area contributed by atoms with Crippen molar-refractivity contribution in [1.82, 2.24) is 15.1 Å². The van der Waals surface area contributed by atoms with Gasteiger partial charge in [0.1, 0.15) is 6.04 Å². The first-order valence-electron chi connectivity index (χ1n) is 10.5. The van der Waals surface area contributed by atoms with Gasteiger partial charge in [-0.05, 0) is 50.9 Å². The van der Waals surface area contributed by atoms with Gasteiger partial charge in [-0.25, -0.2) is 0 Å². The fourth-order valence-corrected chi connectivity index (χ4v) is 7.34. The Kier molecular flexibility index (Phi) is 3.25. The molecular formula is C20H27N3O4. The van der Waals surface area contributed by atoms with Gasteiger partial charge in [-0.2, -0.15) is 0 Å². The summed E-state index contributed by atoms with van der Waals surface area (Å²) in [7, 11) is 0. The average molecular weight is 373 g/mol. The van der Waals surface area contributed by atoms with Crippen LogP contribution in [0.2, 0.25) is 0 Å². The zero-order chi connectivity index (χ0) is 18.5. The van der Waals surface area contributed by atoms with Crippen LogP contribution in [0.15, 0.2) is 0 Å². The number of hydrogen-bond acceptors (Lipinski definition) is 5. The average Bonchev–Trinajstić information content (AvgIpc) is 3.26. The maximum absolute atomic E-state index is 13.1. The first kappa shape index (κ1) is 16.5. The van der Waals surface area contributed by atoms with Crippen LogP contribution >= 0.6 is 0 Å². The van der Waals surface area contributed by atoms with Crippen molar-refractivity contribution in [2.24, 2.45) is 23.7 Å². The molecule has 0 aromatic heterocycles. The molecule has 7 fully saturated rings. The smallest absolute Gasteiger partial charge is 0.243 e. The van der Waals surface area contributed by atoms with Crippen LogP contribution in [0.5, 0.6) is 0 Å². The van der Waals surface area contributed by atoms with Crippen molar-refractivity contribution in [3.63, 3.8) is 0 Å². The van der Waals surface area contributed by atoms with Crippen molar-refractivity contribution < 1.29 is 19.1 Å². The molecule has 0 spiro atoms. The van der Waals surface area contributed by atoms with E-state index in [0.717, 1.165) is 45.3 Å². The van der Waals surface area contributed by atoms with Crippen LogP contribution < -0.4 is 5.32 Å². The van der Waals surface area contributed by atoms with Crippen LogP contribution in [-0.2, 0) is 19.1 Å². The Morgan fingerprint density at radius 2 is 1.70 bits per heavy atom. The number of nitrogens with zero attached hydrogens (tertiary/aromatic N) is 2. The third kappa shape index (κ3) is 2.18. The van der Waals surface area contributed by atoms with E-state index in [1.54, 1.807) is 6.92 Å². The molecule has 7 nitrogen and oxygen atoms in total. The maximum Gasteiger partial charge on any atom is 0.243 e.